The zero-order valence-corrected chi connectivity index (χ0v) is 18.4. The second-order valence-corrected chi connectivity index (χ2v) is 7.78. The van der Waals surface area contributed by atoms with Crippen molar-refractivity contribution in [2.75, 3.05) is 0 Å². The highest BCUT2D eigenvalue weighted by Crippen LogP contribution is 2.29. The number of nitrogens with zero attached hydrogens (tertiary/aromatic N) is 1. The topological polar surface area (TPSA) is 49.4 Å². The van der Waals surface area contributed by atoms with Crippen LogP contribution in [0.1, 0.15) is 40.9 Å². The Balaban J connectivity index is 1.84. The lowest BCUT2D eigenvalue weighted by atomic mass is 9.93. The van der Waals surface area contributed by atoms with E-state index in [1.165, 1.54) is 22.2 Å². The summed E-state index contributed by atoms with van der Waals surface area (Å²) in [6, 6.07) is 22.9. The first-order valence-electron chi connectivity index (χ1n) is 10.4. The molecule has 0 bridgehead atoms. The zero-order chi connectivity index (χ0) is 22.4. The Morgan fingerprint density at radius 1 is 0.839 bits per heavy atom. The van der Waals surface area contributed by atoms with Gasteiger partial charge in [-0.3, -0.25) is 15.0 Å². The molecule has 0 saturated heterocycles. The number of hydrogen-bond donors (Lipinski definition) is 1. The summed E-state index contributed by atoms with van der Waals surface area (Å²) < 4.78 is 0. The number of aryl methyl sites for hydroxylation is 1. The third-order valence-electron chi connectivity index (χ3n) is 5.27. The second-order valence-electron chi connectivity index (χ2n) is 7.78. The summed E-state index contributed by atoms with van der Waals surface area (Å²) in [5.41, 5.74) is 8.83. The maximum atomic E-state index is 12.9. The molecule has 4 nitrogen and oxygen atoms in total. The fraction of sp³-hybridized carbons (Fsp3) is 0.185. The quantitative estimate of drug-likeness (QED) is 0.440. The highest BCUT2D eigenvalue weighted by Gasteiger charge is 2.18. The Labute approximate surface area is 184 Å². The summed E-state index contributed by atoms with van der Waals surface area (Å²) in [6.07, 6.45) is 3.32. The van der Waals surface area contributed by atoms with Crippen LogP contribution in [0, 0.1) is 13.8 Å². The maximum absolute atomic E-state index is 12.9. The van der Waals surface area contributed by atoms with Gasteiger partial charge in [0.2, 0.25) is 0 Å². The fourth-order valence-electron chi connectivity index (χ4n) is 3.37. The minimum atomic E-state index is -0.313. The first kappa shape index (κ1) is 22.0. The van der Waals surface area contributed by atoms with Gasteiger partial charge in [-0.05, 0) is 73.7 Å². The zero-order valence-electron chi connectivity index (χ0n) is 18.4. The molecule has 2 amide bonds. The van der Waals surface area contributed by atoms with Crippen LogP contribution < -0.4 is 5.43 Å². The molecule has 3 aromatic rings. The lowest BCUT2D eigenvalue weighted by Gasteiger charge is -2.26. The van der Waals surface area contributed by atoms with Crippen molar-refractivity contribution in [2.24, 2.45) is 0 Å². The van der Waals surface area contributed by atoms with Crippen LogP contribution in [-0.2, 0) is 4.79 Å². The smallest absolute Gasteiger partial charge is 0.268 e. The SMILES string of the molecule is Cc1cccc(-c2ccccc2/C=C/C(=O)N(NC(=O)c2ccccc2)C(C)C)c1C. The van der Waals surface area contributed by atoms with Gasteiger partial charge in [0, 0.05) is 17.7 Å². The minimum Gasteiger partial charge on any atom is -0.268 e. The van der Waals surface area contributed by atoms with Crippen LogP contribution in [-0.4, -0.2) is 22.9 Å². The van der Waals surface area contributed by atoms with Gasteiger partial charge in [0.1, 0.15) is 0 Å². The molecule has 0 aromatic heterocycles. The Morgan fingerprint density at radius 2 is 1.48 bits per heavy atom. The van der Waals surface area contributed by atoms with E-state index in [1.807, 2.05) is 50.3 Å². The summed E-state index contributed by atoms with van der Waals surface area (Å²) in [7, 11) is 0. The summed E-state index contributed by atoms with van der Waals surface area (Å²) in [6.45, 7) is 7.93. The Morgan fingerprint density at radius 3 is 2.19 bits per heavy atom. The van der Waals surface area contributed by atoms with Crippen molar-refractivity contribution in [1.82, 2.24) is 10.4 Å². The third-order valence-corrected chi connectivity index (χ3v) is 5.27. The Bertz CT molecular complexity index is 1100. The van der Waals surface area contributed by atoms with E-state index < -0.39 is 0 Å². The lowest BCUT2D eigenvalue weighted by Crippen LogP contribution is -2.49. The Hall–Kier alpha value is -3.66. The molecule has 31 heavy (non-hydrogen) atoms. The van der Waals surface area contributed by atoms with Gasteiger partial charge in [0.15, 0.2) is 0 Å². The van der Waals surface area contributed by atoms with Gasteiger partial charge >= 0.3 is 0 Å². The highest BCUT2D eigenvalue weighted by molar-refractivity contribution is 5.98. The molecular weight excluding hydrogens is 384 g/mol. The number of rotatable bonds is 5. The Kier molecular flexibility index (Phi) is 7.03. The molecule has 158 valence electrons. The summed E-state index contributed by atoms with van der Waals surface area (Å²) in [5.74, 6) is -0.595. The second kappa shape index (κ2) is 9.90. The van der Waals surface area contributed by atoms with Gasteiger partial charge in [-0.1, -0.05) is 60.7 Å². The molecule has 0 aliphatic carbocycles. The van der Waals surface area contributed by atoms with E-state index in [4.69, 9.17) is 0 Å². The van der Waals surface area contributed by atoms with Crippen molar-refractivity contribution in [3.05, 3.63) is 101 Å². The van der Waals surface area contributed by atoms with Gasteiger partial charge in [-0.15, -0.1) is 0 Å². The summed E-state index contributed by atoms with van der Waals surface area (Å²) in [5, 5.41) is 1.35. The van der Waals surface area contributed by atoms with Crippen LogP contribution in [0.2, 0.25) is 0 Å². The summed E-state index contributed by atoms with van der Waals surface area (Å²) >= 11 is 0. The predicted octanol–water partition coefficient (Wildman–Crippen LogP) is 5.57. The minimum absolute atomic E-state index is 0.195. The number of nitrogens with one attached hydrogen (secondary N) is 1. The van der Waals surface area contributed by atoms with E-state index in [1.54, 1.807) is 24.3 Å². The van der Waals surface area contributed by atoms with Crippen LogP contribution in [0.3, 0.4) is 0 Å². The number of benzene rings is 3. The number of hydrazine groups is 1. The lowest BCUT2D eigenvalue weighted by molar-refractivity contribution is -0.130. The molecular formula is C27H28N2O2. The van der Waals surface area contributed by atoms with E-state index in [9.17, 15) is 9.59 Å². The number of carbonyl (C=O) groups excluding carboxylic acids is 2. The van der Waals surface area contributed by atoms with Crippen molar-refractivity contribution in [3.63, 3.8) is 0 Å². The molecule has 0 saturated carbocycles. The third kappa shape index (κ3) is 5.28. The van der Waals surface area contributed by atoms with E-state index in [-0.39, 0.29) is 17.9 Å². The molecule has 0 radical (unpaired) electrons. The normalized spacial score (nSPS) is 11.0. The molecule has 0 heterocycles. The summed E-state index contributed by atoms with van der Waals surface area (Å²) in [4.78, 5) is 25.4. The number of carbonyl (C=O) groups is 2. The molecule has 4 heteroatoms. The van der Waals surface area contributed by atoms with Crippen molar-refractivity contribution < 1.29 is 9.59 Å². The molecule has 3 rings (SSSR count). The van der Waals surface area contributed by atoms with Gasteiger partial charge in [0.05, 0.1) is 0 Å². The molecule has 3 aromatic carbocycles. The van der Waals surface area contributed by atoms with Gasteiger partial charge in [0.25, 0.3) is 11.8 Å². The van der Waals surface area contributed by atoms with E-state index in [0.717, 1.165) is 16.7 Å². The van der Waals surface area contributed by atoms with Gasteiger partial charge in [-0.25, -0.2) is 5.01 Å². The van der Waals surface area contributed by atoms with E-state index in [2.05, 4.69) is 37.5 Å². The standard InChI is InChI=1S/C27H28N2O2/c1-19(2)29(28-27(31)23-13-6-5-7-14-23)26(30)18-17-22-12-8-9-15-25(22)24-16-10-11-20(3)21(24)4/h5-19H,1-4H3,(H,28,31)/b18-17+. The molecule has 0 aliphatic rings. The average molecular weight is 413 g/mol. The first-order chi connectivity index (χ1) is 14.9. The molecule has 0 aliphatic heterocycles. The van der Waals surface area contributed by atoms with Crippen molar-refractivity contribution >= 4 is 17.9 Å². The van der Waals surface area contributed by atoms with Crippen LogP contribution in [0.25, 0.3) is 17.2 Å². The number of amides is 2. The monoisotopic (exact) mass is 412 g/mol. The molecule has 0 unspecified atom stereocenters. The number of hydrogen-bond acceptors (Lipinski definition) is 2. The molecule has 0 fully saturated rings. The largest absolute Gasteiger partial charge is 0.269 e. The maximum Gasteiger partial charge on any atom is 0.269 e. The van der Waals surface area contributed by atoms with E-state index >= 15 is 0 Å². The average Bonchev–Trinajstić information content (AvgIpc) is 2.78. The highest BCUT2D eigenvalue weighted by atomic mass is 16.2. The van der Waals surface area contributed by atoms with Crippen LogP contribution in [0.5, 0.6) is 0 Å². The van der Waals surface area contributed by atoms with Crippen LogP contribution >= 0.6 is 0 Å². The van der Waals surface area contributed by atoms with Crippen molar-refractivity contribution in [2.45, 2.75) is 33.7 Å². The van der Waals surface area contributed by atoms with Crippen molar-refractivity contribution in [1.29, 1.82) is 0 Å². The molecule has 0 spiro atoms. The van der Waals surface area contributed by atoms with Crippen LogP contribution in [0.15, 0.2) is 78.9 Å². The predicted molar refractivity (Wildman–Crippen MR) is 126 cm³/mol. The van der Waals surface area contributed by atoms with Crippen LogP contribution in [0.4, 0.5) is 0 Å². The van der Waals surface area contributed by atoms with Gasteiger partial charge in [-0.2, -0.15) is 0 Å². The van der Waals surface area contributed by atoms with Gasteiger partial charge < -0.3 is 0 Å². The molecule has 1 N–H and O–H groups in total. The van der Waals surface area contributed by atoms with Crippen molar-refractivity contribution in [3.8, 4) is 11.1 Å². The molecule has 0 atom stereocenters. The van der Waals surface area contributed by atoms with E-state index in [0.29, 0.717) is 5.56 Å². The fourth-order valence-corrected chi connectivity index (χ4v) is 3.37. The first-order valence-corrected chi connectivity index (χ1v) is 10.4.